The van der Waals surface area contributed by atoms with Crippen LogP contribution < -0.4 is 10.1 Å². The first kappa shape index (κ1) is 26.4. The van der Waals surface area contributed by atoms with Crippen molar-refractivity contribution in [1.29, 1.82) is 0 Å². The van der Waals surface area contributed by atoms with Gasteiger partial charge in [0.1, 0.15) is 12.7 Å². The molecule has 33 heavy (non-hydrogen) atoms. The SMILES string of the molecule is CC(=O)NC(C)COF.Fc1cc(-c2ncc(C(F)(F)F)cn2)cnc1OC1CCCCC1. The molecule has 0 spiro atoms. The molecule has 0 saturated heterocycles. The number of halogens is 5. The van der Waals surface area contributed by atoms with Crippen LogP contribution in [-0.4, -0.2) is 39.6 Å². The summed E-state index contributed by atoms with van der Waals surface area (Å²) >= 11 is 0. The largest absolute Gasteiger partial charge is 0.472 e. The Morgan fingerprint density at radius 2 is 1.79 bits per heavy atom. The zero-order chi connectivity index (χ0) is 24.4. The van der Waals surface area contributed by atoms with E-state index >= 15 is 0 Å². The Morgan fingerprint density at radius 1 is 1.15 bits per heavy atom. The molecule has 0 radical (unpaired) electrons. The van der Waals surface area contributed by atoms with Gasteiger partial charge in [0.05, 0.1) is 11.6 Å². The molecule has 0 aromatic carbocycles. The number of hydrogen-bond acceptors (Lipinski definition) is 6. The maximum Gasteiger partial charge on any atom is 0.419 e. The van der Waals surface area contributed by atoms with Crippen molar-refractivity contribution >= 4 is 5.91 Å². The van der Waals surface area contributed by atoms with E-state index in [2.05, 4.69) is 25.2 Å². The number of nitrogens with one attached hydrogen (secondary N) is 1. The van der Waals surface area contributed by atoms with Crippen LogP contribution in [0.4, 0.5) is 22.1 Å². The molecule has 1 saturated carbocycles. The molecular formula is C21H25F5N4O3. The van der Waals surface area contributed by atoms with E-state index in [9.17, 15) is 26.9 Å². The van der Waals surface area contributed by atoms with Gasteiger partial charge in [0.25, 0.3) is 5.88 Å². The minimum Gasteiger partial charge on any atom is -0.472 e. The van der Waals surface area contributed by atoms with Crippen LogP contribution in [0.1, 0.15) is 51.5 Å². The minimum absolute atomic E-state index is 0.0291. The highest BCUT2D eigenvalue weighted by molar-refractivity contribution is 5.73. The van der Waals surface area contributed by atoms with Gasteiger partial charge in [-0.05, 0) is 43.2 Å². The first-order chi connectivity index (χ1) is 15.6. The third-order valence-electron chi connectivity index (χ3n) is 4.64. The zero-order valence-corrected chi connectivity index (χ0v) is 18.2. The lowest BCUT2D eigenvalue weighted by Gasteiger charge is -2.22. The molecule has 1 amide bonds. The molecule has 12 heteroatoms. The second-order valence-corrected chi connectivity index (χ2v) is 7.56. The van der Waals surface area contributed by atoms with Gasteiger partial charge >= 0.3 is 6.18 Å². The van der Waals surface area contributed by atoms with Gasteiger partial charge in [-0.1, -0.05) is 6.42 Å². The molecule has 7 nitrogen and oxygen atoms in total. The van der Waals surface area contributed by atoms with Crippen LogP contribution in [0.3, 0.4) is 0 Å². The van der Waals surface area contributed by atoms with E-state index in [-0.39, 0.29) is 41.9 Å². The van der Waals surface area contributed by atoms with Gasteiger partial charge in [0.15, 0.2) is 11.6 Å². The van der Waals surface area contributed by atoms with E-state index in [1.807, 2.05) is 0 Å². The van der Waals surface area contributed by atoms with Crippen LogP contribution in [0.25, 0.3) is 11.4 Å². The third kappa shape index (κ3) is 8.87. The van der Waals surface area contributed by atoms with Gasteiger partial charge < -0.3 is 10.1 Å². The van der Waals surface area contributed by atoms with Crippen LogP contribution >= 0.6 is 0 Å². The van der Waals surface area contributed by atoms with Crippen molar-refractivity contribution in [2.24, 2.45) is 0 Å². The lowest BCUT2D eigenvalue weighted by Crippen LogP contribution is -2.33. The third-order valence-corrected chi connectivity index (χ3v) is 4.64. The van der Waals surface area contributed by atoms with E-state index < -0.39 is 17.6 Å². The molecule has 2 aromatic rings. The summed E-state index contributed by atoms with van der Waals surface area (Å²) in [6.45, 7) is 2.93. The zero-order valence-electron chi connectivity index (χ0n) is 18.2. The predicted molar refractivity (Wildman–Crippen MR) is 108 cm³/mol. The minimum atomic E-state index is -4.51. The number of nitrogens with zero attached hydrogens (tertiary/aromatic N) is 3. The molecule has 0 bridgehead atoms. The van der Waals surface area contributed by atoms with Crippen LogP contribution in [-0.2, 0) is 15.9 Å². The van der Waals surface area contributed by atoms with Gasteiger partial charge in [0.2, 0.25) is 5.91 Å². The van der Waals surface area contributed by atoms with Crippen LogP contribution in [0.5, 0.6) is 5.88 Å². The molecule has 1 fully saturated rings. The Balaban J connectivity index is 0.000000365. The fourth-order valence-electron chi connectivity index (χ4n) is 3.08. The lowest BCUT2D eigenvalue weighted by atomic mass is 9.98. The molecule has 1 atom stereocenters. The molecule has 3 rings (SSSR count). The fourth-order valence-corrected chi connectivity index (χ4v) is 3.08. The maximum atomic E-state index is 14.1. The first-order valence-corrected chi connectivity index (χ1v) is 10.3. The summed E-state index contributed by atoms with van der Waals surface area (Å²) < 4.78 is 68.2. The monoisotopic (exact) mass is 476 g/mol. The first-order valence-electron chi connectivity index (χ1n) is 10.3. The van der Waals surface area contributed by atoms with Crippen LogP contribution in [0.15, 0.2) is 24.7 Å². The highest BCUT2D eigenvalue weighted by Crippen LogP contribution is 2.29. The number of rotatable bonds is 6. The summed E-state index contributed by atoms with van der Waals surface area (Å²) in [5, 5.41) is 2.44. The fraction of sp³-hybridized carbons (Fsp3) is 0.524. The maximum absolute atomic E-state index is 14.1. The standard InChI is InChI=1S/C16H15F4N3O.C5H10FNO2/c17-13-6-10(14-21-8-11(9-22-14)16(18,19)20)7-23-15(13)24-12-4-2-1-3-5-12;1-4(3-9-6)7-5(2)8/h6-9,12H,1-5H2;4H,3H2,1-2H3,(H,7,8). The quantitative estimate of drug-likeness (QED) is 0.602. The number of carbonyl (C=O) groups excluding carboxylic acids is 1. The van der Waals surface area contributed by atoms with Crippen molar-refractivity contribution < 1.29 is 36.6 Å². The molecule has 182 valence electrons. The molecule has 1 aliphatic rings. The second-order valence-electron chi connectivity index (χ2n) is 7.56. The Bertz CT molecular complexity index is 890. The van der Waals surface area contributed by atoms with Gasteiger partial charge in [-0.3, -0.25) is 4.79 Å². The Labute approximate surface area is 187 Å². The lowest BCUT2D eigenvalue weighted by molar-refractivity contribution is -0.141. The normalized spacial score (nSPS) is 15.2. The van der Waals surface area contributed by atoms with Crippen LogP contribution in [0.2, 0.25) is 0 Å². The highest BCUT2D eigenvalue weighted by Gasteiger charge is 2.31. The molecule has 2 heterocycles. The molecule has 1 aliphatic carbocycles. The average Bonchev–Trinajstić information content (AvgIpc) is 2.75. The van der Waals surface area contributed by atoms with E-state index in [1.165, 1.54) is 13.1 Å². The van der Waals surface area contributed by atoms with E-state index in [0.717, 1.165) is 38.2 Å². The van der Waals surface area contributed by atoms with E-state index in [4.69, 9.17) is 4.74 Å². The van der Waals surface area contributed by atoms with E-state index in [1.54, 1.807) is 6.92 Å². The summed E-state index contributed by atoms with van der Waals surface area (Å²) in [5.74, 6) is -0.989. The summed E-state index contributed by atoms with van der Waals surface area (Å²) in [5.41, 5.74) is -0.769. The Morgan fingerprint density at radius 3 is 2.30 bits per heavy atom. The number of amides is 1. The smallest absolute Gasteiger partial charge is 0.419 e. The van der Waals surface area contributed by atoms with Gasteiger partial charge in [0, 0.05) is 31.1 Å². The number of aromatic nitrogens is 3. The van der Waals surface area contributed by atoms with Crippen molar-refractivity contribution in [2.75, 3.05) is 6.61 Å². The van der Waals surface area contributed by atoms with Crippen LogP contribution in [0, 0.1) is 5.82 Å². The number of carbonyl (C=O) groups is 1. The molecule has 2 aromatic heterocycles. The average molecular weight is 476 g/mol. The number of ether oxygens (including phenoxy) is 1. The topological polar surface area (TPSA) is 86.2 Å². The Kier molecular flexibility index (Phi) is 9.89. The van der Waals surface area contributed by atoms with Gasteiger partial charge in [-0.15, -0.1) is 0 Å². The summed E-state index contributed by atoms with van der Waals surface area (Å²) in [4.78, 5) is 24.7. The highest BCUT2D eigenvalue weighted by atomic mass is 19.4. The van der Waals surface area contributed by atoms with Crippen molar-refractivity contribution in [2.45, 2.75) is 64.3 Å². The van der Waals surface area contributed by atoms with Gasteiger partial charge in [-0.25, -0.2) is 19.3 Å². The number of hydrogen-bond donors (Lipinski definition) is 1. The Hall–Kier alpha value is -2.89. The summed E-state index contributed by atoms with van der Waals surface area (Å²) in [7, 11) is 0. The van der Waals surface area contributed by atoms with Crippen molar-refractivity contribution in [1.82, 2.24) is 20.3 Å². The predicted octanol–water partition coefficient (Wildman–Crippen LogP) is 4.82. The second kappa shape index (κ2) is 12.4. The van der Waals surface area contributed by atoms with Crippen molar-refractivity contribution in [3.05, 3.63) is 36.0 Å². The van der Waals surface area contributed by atoms with Crippen molar-refractivity contribution in [3.63, 3.8) is 0 Å². The van der Waals surface area contributed by atoms with Crippen molar-refractivity contribution in [3.8, 4) is 17.3 Å². The van der Waals surface area contributed by atoms with E-state index in [0.29, 0.717) is 12.4 Å². The molecule has 1 unspecified atom stereocenters. The number of alkyl halides is 3. The van der Waals surface area contributed by atoms with Gasteiger partial charge in [-0.2, -0.15) is 18.1 Å². The summed E-state index contributed by atoms with van der Waals surface area (Å²) in [6, 6.07) is 0.862. The number of pyridine rings is 1. The summed E-state index contributed by atoms with van der Waals surface area (Å²) in [6.07, 6.45) is 3.03. The molecular weight excluding hydrogens is 451 g/mol. The molecule has 0 aliphatic heterocycles. The molecule has 1 N–H and O–H groups in total.